The molecule has 0 aromatic heterocycles. The average molecular weight is 294 g/mol. The van der Waals surface area contributed by atoms with Crippen LogP contribution in [0.5, 0.6) is 0 Å². The van der Waals surface area contributed by atoms with E-state index in [9.17, 15) is 0 Å². The monoisotopic (exact) mass is 294 g/mol. The normalized spacial score (nSPS) is 17.4. The first-order chi connectivity index (χ1) is 10.7. The van der Waals surface area contributed by atoms with Gasteiger partial charge in [0.05, 0.1) is 6.04 Å². The Hall–Kier alpha value is -1.64. The van der Waals surface area contributed by atoms with Crippen LogP contribution in [0, 0.1) is 20.8 Å². The average Bonchev–Trinajstić information content (AvgIpc) is 2.52. The molecular weight excluding hydrogens is 268 g/mol. The molecule has 1 fully saturated rings. The Labute approximate surface area is 134 Å². The Kier molecular flexibility index (Phi) is 4.60. The number of piperazine rings is 1. The van der Waals surface area contributed by atoms with E-state index in [0.29, 0.717) is 6.04 Å². The smallest absolute Gasteiger partial charge is 0.0607 e. The molecule has 2 heteroatoms. The largest absolute Gasteiger partial charge is 0.314 e. The number of rotatable bonds is 3. The molecule has 1 saturated heterocycles. The highest BCUT2D eigenvalue weighted by Gasteiger charge is 2.26. The van der Waals surface area contributed by atoms with Crippen molar-refractivity contribution in [3.05, 3.63) is 70.3 Å². The van der Waals surface area contributed by atoms with Crippen LogP contribution in [0.2, 0.25) is 0 Å². The van der Waals surface area contributed by atoms with Gasteiger partial charge >= 0.3 is 0 Å². The van der Waals surface area contributed by atoms with Gasteiger partial charge in [-0.2, -0.15) is 0 Å². The maximum absolute atomic E-state index is 3.47. The van der Waals surface area contributed by atoms with Crippen molar-refractivity contribution in [2.24, 2.45) is 0 Å². The van der Waals surface area contributed by atoms with Crippen molar-refractivity contribution in [1.29, 1.82) is 0 Å². The van der Waals surface area contributed by atoms with Crippen LogP contribution in [0.3, 0.4) is 0 Å². The van der Waals surface area contributed by atoms with Crippen LogP contribution in [0.15, 0.2) is 42.5 Å². The van der Waals surface area contributed by atoms with Gasteiger partial charge in [0.25, 0.3) is 0 Å². The van der Waals surface area contributed by atoms with Gasteiger partial charge in [0.15, 0.2) is 0 Å². The van der Waals surface area contributed by atoms with Crippen molar-refractivity contribution in [3.8, 4) is 0 Å². The maximum atomic E-state index is 3.47. The number of aryl methyl sites for hydroxylation is 3. The zero-order valence-electron chi connectivity index (χ0n) is 13.9. The van der Waals surface area contributed by atoms with Gasteiger partial charge in [-0.25, -0.2) is 0 Å². The topological polar surface area (TPSA) is 15.3 Å². The van der Waals surface area contributed by atoms with Gasteiger partial charge in [-0.15, -0.1) is 0 Å². The molecule has 116 valence electrons. The SMILES string of the molecule is Cc1cc(C)c([C@H](c2ccccc2)N2CCNCC2)c(C)c1. The zero-order valence-corrected chi connectivity index (χ0v) is 13.9. The van der Waals surface area contributed by atoms with Crippen LogP contribution in [0.4, 0.5) is 0 Å². The lowest BCUT2D eigenvalue weighted by atomic mass is 9.88. The van der Waals surface area contributed by atoms with Crippen LogP contribution in [-0.2, 0) is 0 Å². The fraction of sp³-hybridized carbons (Fsp3) is 0.400. The minimum atomic E-state index is 0.365. The molecule has 0 saturated carbocycles. The number of hydrogen-bond acceptors (Lipinski definition) is 2. The molecular formula is C20H26N2. The third-order valence-electron chi connectivity index (χ3n) is 4.64. The number of hydrogen-bond donors (Lipinski definition) is 1. The van der Waals surface area contributed by atoms with Crippen molar-refractivity contribution in [3.63, 3.8) is 0 Å². The Morgan fingerprint density at radius 1 is 0.909 bits per heavy atom. The van der Waals surface area contributed by atoms with E-state index in [1.807, 2.05) is 0 Å². The van der Waals surface area contributed by atoms with E-state index in [1.165, 1.54) is 27.8 Å². The highest BCUT2D eigenvalue weighted by Crippen LogP contribution is 2.33. The van der Waals surface area contributed by atoms with Gasteiger partial charge in [-0.1, -0.05) is 48.0 Å². The van der Waals surface area contributed by atoms with Crippen LogP contribution in [0.25, 0.3) is 0 Å². The van der Waals surface area contributed by atoms with E-state index in [1.54, 1.807) is 0 Å². The van der Waals surface area contributed by atoms with E-state index in [-0.39, 0.29) is 0 Å². The van der Waals surface area contributed by atoms with Gasteiger partial charge in [-0.3, -0.25) is 4.90 Å². The van der Waals surface area contributed by atoms with Gasteiger partial charge < -0.3 is 5.32 Å². The van der Waals surface area contributed by atoms with Crippen LogP contribution in [-0.4, -0.2) is 31.1 Å². The molecule has 0 unspecified atom stereocenters. The fourth-order valence-electron chi connectivity index (χ4n) is 3.76. The summed E-state index contributed by atoms with van der Waals surface area (Å²) in [6, 6.07) is 16.0. The summed E-state index contributed by atoms with van der Waals surface area (Å²) in [5.41, 5.74) is 7.05. The highest BCUT2D eigenvalue weighted by atomic mass is 15.2. The molecule has 0 amide bonds. The molecule has 1 heterocycles. The molecule has 2 aromatic carbocycles. The van der Waals surface area contributed by atoms with Gasteiger partial charge in [0.2, 0.25) is 0 Å². The summed E-state index contributed by atoms with van der Waals surface area (Å²) < 4.78 is 0. The Morgan fingerprint density at radius 3 is 2.09 bits per heavy atom. The molecule has 2 nitrogen and oxygen atoms in total. The molecule has 22 heavy (non-hydrogen) atoms. The first kappa shape index (κ1) is 15.3. The van der Waals surface area contributed by atoms with Gasteiger partial charge in [0.1, 0.15) is 0 Å². The van der Waals surface area contributed by atoms with Crippen molar-refractivity contribution >= 4 is 0 Å². The van der Waals surface area contributed by atoms with Gasteiger partial charge in [0, 0.05) is 26.2 Å². The van der Waals surface area contributed by atoms with E-state index in [0.717, 1.165) is 26.2 Å². The Morgan fingerprint density at radius 2 is 1.50 bits per heavy atom. The van der Waals surface area contributed by atoms with Crippen LogP contribution >= 0.6 is 0 Å². The summed E-state index contributed by atoms with van der Waals surface area (Å²) in [6.45, 7) is 11.1. The minimum absolute atomic E-state index is 0.365. The van der Waals surface area contributed by atoms with Crippen molar-refractivity contribution in [2.45, 2.75) is 26.8 Å². The van der Waals surface area contributed by atoms with E-state index < -0.39 is 0 Å². The summed E-state index contributed by atoms with van der Waals surface area (Å²) >= 11 is 0. The number of nitrogens with one attached hydrogen (secondary N) is 1. The molecule has 1 aliphatic rings. The first-order valence-corrected chi connectivity index (χ1v) is 8.24. The summed E-state index contributed by atoms with van der Waals surface area (Å²) in [5.74, 6) is 0. The Balaban J connectivity index is 2.09. The molecule has 0 spiro atoms. The zero-order chi connectivity index (χ0) is 15.5. The second kappa shape index (κ2) is 6.64. The van der Waals surface area contributed by atoms with E-state index >= 15 is 0 Å². The molecule has 1 aliphatic heterocycles. The quantitative estimate of drug-likeness (QED) is 0.930. The summed E-state index contributed by atoms with van der Waals surface area (Å²) in [6.07, 6.45) is 0. The lowest BCUT2D eigenvalue weighted by Crippen LogP contribution is -2.45. The lowest BCUT2D eigenvalue weighted by Gasteiger charge is -2.37. The second-order valence-corrected chi connectivity index (χ2v) is 6.41. The third kappa shape index (κ3) is 3.08. The predicted molar refractivity (Wildman–Crippen MR) is 93.4 cm³/mol. The van der Waals surface area contributed by atoms with Crippen molar-refractivity contribution in [2.75, 3.05) is 26.2 Å². The van der Waals surface area contributed by atoms with E-state index in [2.05, 4.69) is 73.5 Å². The van der Waals surface area contributed by atoms with Crippen molar-refractivity contribution < 1.29 is 0 Å². The molecule has 3 rings (SSSR count). The second-order valence-electron chi connectivity index (χ2n) is 6.41. The number of benzene rings is 2. The van der Waals surface area contributed by atoms with Crippen LogP contribution in [0.1, 0.15) is 33.9 Å². The Bertz CT molecular complexity index is 604. The first-order valence-electron chi connectivity index (χ1n) is 8.24. The molecule has 1 atom stereocenters. The summed E-state index contributed by atoms with van der Waals surface area (Å²) in [7, 11) is 0. The van der Waals surface area contributed by atoms with Crippen molar-refractivity contribution in [1.82, 2.24) is 10.2 Å². The molecule has 0 bridgehead atoms. The van der Waals surface area contributed by atoms with Crippen LogP contribution < -0.4 is 5.32 Å². The number of nitrogens with zero attached hydrogens (tertiary/aromatic N) is 1. The van der Waals surface area contributed by atoms with E-state index in [4.69, 9.17) is 0 Å². The summed E-state index contributed by atoms with van der Waals surface area (Å²) in [5, 5.41) is 3.47. The minimum Gasteiger partial charge on any atom is -0.314 e. The fourth-order valence-corrected chi connectivity index (χ4v) is 3.76. The standard InChI is InChI=1S/C20H26N2/c1-15-13-16(2)19(17(3)14-15)20(18-7-5-4-6-8-18)22-11-9-21-10-12-22/h4-8,13-14,20-21H,9-12H2,1-3H3/t20-/m0/s1. The lowest BCUT2D eigenvalue weighted by molar-refractivity contribution is 0.197. The molecule has 1 N–H and O–H groups in total. The highest BCUT2D eigenvalue weighted by molar-refractivity contribution is 5.44. The van der Waals surface area contributed by atoms with Gasteiger partial charge in [-0.05, 0) is 43.0 Å². The maximum Gasteiger partial charge on any atom is 0.0607 e. The molecule has 0 radical (unpaired) electrons. The predicted octanol–water partition coefficient (Wildman–Crippen LogP) is 3.61. The summed E-state index contributed by atoms with van der Waals surface area (Å²) in [4.78, 5) is 2.62. The molecule has 0 aliphatic carbocycles. The third-order valence-corrected chi connectivity index (χ3v) is 4.64. The molecule has 2 aromatic rings.